The Morgan fingerprint density at radius 2 is 1.88 bits per heavy atom. The average Bonchev–Trinajstić information content (AvgIpc) is 2.65. The van der Waals surface area contributed by atoms with Crippen molar-refractivity contribution in [3.05, 3.63) is 0 Å². The van der Waals surface area contributed by atoms with Gasteiger partial charge in [0.15, 0.2) is 0 Å². The van der Waals surface area contributed by atoms with Gasteiger partial charge in [0.1, 0.15) is 0 Å². The summed E-state index contributed by atoms with van der Waals surface area (Å²) in [6.07, 6.45) is 8.47. The normalized spacial score (nSPS) is 27.9. The molecule has 2 aliphatic heterocycles. The van der Waals surface area contributed by atoms with E-state index in [1.54, 1.807) is 0 Å². The molecule has 0 saturated carbocycles. The summed E-state index contributed by atoms with van der Waals surface area (Å²) in [6, 6.07) is 0. The van der Waals surface area contributed by atoms with E-state index < -0.39 is 0 Å². The molecule has 0 spiro atoms. The van der Waals surface area contributed by atoms with E-state index in [1.807, 2.05) is 0 Å². The summed E-state index contributed by atoms with van der Waals surface area (Å²) >= 11 is 0. The van der Waals surface area contributed by atoms with Crippen molar-refractivity contribution < 1.29 is 0 Å². The Hall–Kier alpha value is -0.120. The number of hydrogen-bond donors (Lipinski definition) is 2. The van der Waals surface area contributed by atoms with E-state index in [9.17, 15) is 0 Å². The van der Waals surface area contributed by atoms with E-state index in [4.69, 9.17) is 0 Å². The molecule has 0 radical (unpaired) electrons. The Kier molecular flexibility index (Phi) is 6.32. The largest absolute Gasteiger partial charge is 0.316 e. The number of rotatable bonds is 5. The summed E-state index contributed by atoms with van der Waals surface area (Å²) in [5.74, 6) is 0.868. The van der Waals surface area contributed by atoms with Crippen molar-refractivity contribution in [1.29, 1.82) is 0 Å². The van der Waals surface area contributed by atoms with Gasteiger partial charge in [-0.05, 0) is 64.3 Å². The summed E-state index contributed by atoms with van der Waals surface area (Å²) < 4.78 is 0. The zero-order valence-electron chi connectivity index (χ0n) is 11.2. The van der Waals surface area contributed by atoms with E-state index in [0.29, 0.717) is 0 Å². The maximum Gasteiger partial charge on any atom is 0.0107 e. The van der Waals surface area contributed by atoms with Crippen LogP contribution in [0.15, 0.2) is 0 Å². The molecule has 100 valence electrons. The van der Waals surface area contributed by atoms with Crippen molar-refractivity contribution in [2.24, 2.45) is 5.92 Å². The van der Waals surface area contributed by atoms with Crippen LogP contribution in [0.3, 0.4) is 0 Å². The third-order valence-corrected chi connectivity index (χ3v) is 4.14. The van der Waals surface area contributed by atoms with Crippen LogP contribution >= 0.6 is 0 Å². The van der Waals surface area contributed by atoms with Crippen molar-refractivity contribution in [3.8, 4) is 0 Å². The molecule has 1 atom stereocenters. The lowest BCUT2D eigenvalue weighted by Gasteiger charge is -2.24. The molecule has 17 heavy (non-hydrogen) atoms. The third-order valence-electron chi connectivity index (χ3n) is 4.14. The lowest BCUT2D eigenvalue weighted by molar-refractivity contribution is 0.277. The monoisotopic (exact) mass is 239 g/mol. The number of nitrogens with one attached hydrogen (secondary N) is 2. The van der Waals surface area contributed by atoms with Crippen molar-refractivity contribution in [1.82, 2.24) is 15.5 Å². The highest BCUT2D eigenvalue weighted by atomic mass is 15.1. The van der Waals surface area contributed by atoms with Crippen LogP contribution in [0, 0.1) is 5.92 Å². The summed E-state index contributed by atoms with van der Waals surface area (Å²) in [6.45, 7) is 8.73. The summed E-state index contributed by atoms with van der Waals surface area (Å²) in [4.78, 5) is 2.64. The van der Waals surface area contributed by atoms with Crippen molar-refractivity contribution in [2.45, 2.75) is 38.5 Å². The van der Waals surface area contributed by atoms with Gasteiger partial charge in [-0.3, -0.25) is 0 Å². The van der Waals surface area contributed by atoms with Gasteiger partial charge in [-0.15, -0.1) is 0 Å². The minimum atomic E-state index is 0.868. The Labute approximate surface area is 106 Å². The van der Waals surface area contributed by atoms with Crippen LogP contribution in [0.1, 0.15) is 38.5 Å². The SMILES string of the molecule is C1CCCN(CCNCC2CCCNC2)CC1. The van der Waals surface area contributed by atoms with E-state index in [0.717, 1.165) is 5.92 Å². The minimum Gasteiger partial charge on any atom is -0.316 e. The highest BCUT2D eigenvalue weighted by molar-refractivity contribution is 4.71. The zero-order chi connectivity index (χ0) is 11.8. The van der Waals surface area contributed by atoms with Gasteiger partial charge in [0.25, 0.3) is 0 Å². The molecule has 0 amide bonds. The highest BCUT2D eigenvalue weighted by Crippen LogP contribution is 2.09. The van der Waals surface area contributed by atoms with E-state index in [2.05, 4.69) is 15.5 Å². The number of likely N-dealkylation sites (tertiary alicyclic amines) is 1. The molecule has 0 aromatic carbocycles. The predicted octanol–water partition coefficient (Wildman–Crippen LogP) is 1.45. The molecule has 3 nitrogen and oxygen atoms in total. The molecular weight excluding hydrogens is 210 g/mol. The van der Waals surface area contributed by atoms with Gasteiger partial charge in [0, 0.05) is 13.1 Å². The van der Waals surface area contributed by atoms with E-state index >= 15 is 0 Å². The van der Waals surface area contributed by atoms with Crippen LogP contribution < -0.4 is 10.6 Å². The molecule has 0 aliphatic carbocycles. The molecule has 3 heteroatoms. The van der Waals surface area contributed by atoms with Crippen molar-refractivity contribution in [3.63, 3.8) is 0 Å². The fourth-order valence-electron chi connectivity index (χ4n) is 3.00. The first-order valence-corrected chi connectivity index (χ1v) is 7.59. The minimum absolute atomic E-state index is 0.868. The maximum atomic E-state index is 3.64. The fourth-order valence-corrected chi connectivity index (χ4v) is 3.00. The number of hydrogen-bond acceptors (Lipinski definition) is 3. The Morgan fingerprint density at radius 3 is 2.59 bits per heavy atom. The maximum absolute atomic E-state index is 3.64. The molecule has 2 saturated heterocycles. The third kappa shape index (κ3) is 5.36. The molecular formula is C14H29N3. The van der Waals surface area contributed by atoms with Gasteiger partial charge in [-0.1, -0.05) is 12.8 Å². The molecule has 2 N–H and O–H groups in total. The molecule has 2 aliphatic rings. The van der Waals surface area contributed by atoms with Gasteiger partial charge in [-0.2, -0.15) is 0 Å². The van der Waals surface area contributed by atoms with Gasteiger partial charge in [0.05, 0.1) is 0 Å². The number of nitrogens with zero attached hydrogens (tertiary/aromatic N) is 1. The Bertz CT molecular complexity index is 182. The molecule has 2 heterocycles. The zero-order valence-corrected chi connectivity index (χ0v) is 11.2. The van der Waals surface area contributed by atoms with E-state index in [-0.39, 0.29) is 0 Å². The fraction of sp³-hybridized carbons (Fsp3) is 1.00. The van der Waals surface area contributed by atoms with Gasteiger partial charge < -0.3 is 15.5 Å². The summed E-state index contributed by atoms with van der Waals surface area (Å²) in [5.41, 5.74) is 0. The van der Waals surface area contributed by atoms with Gasteiger partial charge >= 0.3 is 0 Å². The topological polar surface area (TPSA) is 27.3 Å². The smallest absolute Gasteiger partial charge is 0.0107 e. The summed E-state index contributed by atoms with van der Waals surface area (Å²) in [5, 5.41) is 7.12. The lowest BCUT2D eigenvalue weighted by atomic mass is 10.00. The number of piperidine rings is 1. The van der Waals surface area contributed by atoms with Crippen LogP contribution in [-0.2, 0) is 0 Å². The van der Waals surface area contributed by atoms with Crippen LogP contribution in [0.4, 0.5) is 0 Å². The van der Waals surface area contributed by atoms with Gasteiger partial charge in [-0.25, -0.2) is 0 Å². The first-order valence-electron chi connectivity index (χ1n) is 7.59. The second kappa shape index (κ2) is 8.06. The quantitative estimate of drug-likeness (QED) is 0.711. The summed E-state index contributed by atoms with van der Waals surface area (Å²) in [7, 11) is 0. The van der Waals surface area contributed by atoms with E-state index in [1.165, 1.54) is 84.3 Å². The van der Waals surface area contributed by atoms with Crippen molar-refractivity contribution in [2.75, 3.05) is 45.8 Å². The van der Waals surface area contributed by atoms with Crippen LogP contribution in [0.5, 0.6) is 0 Å². The molecule has 2 rings (SSSR count). The molecule has 0 aromatic heterocycles. The average molecular weight is 239 g/mol. The first kappa shape index (κ1) is 13.3. The molecule has 0 aromatic rings. The Morgan fingerprint density at radius 1 is 1.06 bits per heavy atom. The lowest BCUT2D eigenvalue weighted by Crippen LogP contribution is -2.39. The molecule has 0 bridgehead atoms. The predicted molar refractivity (Wildman–Crippen MR) is 73.4 cm³/mol. The molecule has 1 unspecified atom stereocenters. The van der Waals surface area contributed by atoms with Crippen molar-refractivity contribution >= 4 is 0 Å². The van der Waals surface area contributed by atoms with Crippen LogP contribution in [0.2, 0.25) is 0 Å². The van der Waals surface area contributed by atoms with Crippen LogP contribution in [-0.4, -0.2) is 50.7 Å². The second-order valence-electron chi connectivity index (χ2n) is 5.67. The van der Waals surface area contributed by atoms with Crippen LogP contribution in [0.25, 0.3) is 0 Å². The Balaban J connectivity index is 1.49. The molecule has 2 fully saturated rings. The standard InChI is InChI=1S/C14H29N3/c1-2-4-10-17(9-3-1)11-8-16-13-14-6-5-7-15-12-14/h14-16H,1-13H2. The highest BCUT2D eigenvalue weighted by Gasteiger charge is 2.12. The second-order valence-corrected chi connectivity index (χ2v) is 5.67. The first-order chi connectivity index (χ1) is 8.45. The van der Waals surface area contributed by atoms with Gasteiger partial charge in [0.2, 0.25) is 0 Å².